The van der Waals surface area contributed by atoms with Gasteiger partial charge in [0.05, 0.1) is 23.3 Å². The predicted molar refractivity (Wildman–Crippen MR) is 95.5 cm³/mol. The molecule has 0 saturated heterocycles. The summed E-state index contributed by atoms with van der Waals surface area (Å²) in [5.74, 6) is 0.532. The summed E-state index contributed by atoms with van der Waals surface area (Å²) in [5.41, 5.74) is 3.49. The number of carbonyl (C=O) groups excluding carboxylic acids is 1. The number of aryl methyl sites for hydroxylation is 1. The van der Waals surface area contributed by atoms with Gasteiger partial charge in [-0.25, -0.2) is 0 Å². The van der Waals surface area contributed by atoms with E-state index in [0.29, 0.717) is 31.0 Å². The van der Waals surface area contributed by atoms with Crippen molar-refractivity contribution < 1.29 is 9.53 Å². The van der Waals surface area contributed by atoms with Gasteiger partial charge in [0.2, 0.25) is 0 Å². The van der Waals surface area contributed by atoms with Crippen molar-refractivity contribution >= 4 is 16.8 Å². The van der Waals surface area contributed by atoms with E-state index in [-0.39, 0.29) is 5.91 Å². The maximum absolute atomic E-state index is 12.7. The molecule has 25 heavy (non-hydrogen) atoms. The molecule has 0 radical (unpaired) electrons. The molecule has 0 spiro atoms. The van der Waals surface area contributed by atoms with E-state index in [1.54, 1.807) is 6.07 Å². The van der Waals surface area contributed by atoms with Gasteiger partial charge in [0, 0.05) is 31.1 Å². The van der Waals surface area contributed by atoms with E-state index in [9.17, 15) is 4.79 Å². The van der Waals surface area contributed by atoms with Crippen molar-refractivity contribution in [3.63, 3.8) is 0 Å². The van der Waals surface area contributed by atoms with Crippen LogP contribution in [0.2, 0.25) is 0 Å². The highest BCUT2D eigenvalue weighted by Gasteiger charge is 2.18. The van der Waals surface area contributed by atoms with Crippen LogP contribution >= 0.6 is 0 Å². The Hall–Kier alpha value is -2.86. The molecule has 0 atom stereocenters. The van der Waals surface area contributed by atoms with E-state index in [2.05, 4.69) is 15.7 Å². The van der Waals surface area contributed by atoms with Crippen molar-refractivity contribution in [1.82, 2.24) is 20.4 Å². The van der Waals surface area contributed by atoms with Gasteiger partial charge < -0.3 is 15.4 Å². The molecule has 4 rings (SSSR count). The standard InChI is InChI=1S/C19H20N4O2/c1-23-17-8-3-2-6-14(17)16(22-23)12-21-19(24)15-7-4-5-13-11-20-9-10-25-18(13)15/h2-8,20H,9-12H2,1H3,(H,21,24). The maximum Gasteiger partial charge on any atom is 0.255 e. The molecular weight excluding hydrogens is 316 g/mol. The first-order chi connectivity index (χ1) is 12.2. The second-order valence-corrected chi connectivity index (χ2v) is 6.09. The van der Waals surface area contributed by atoms with Crippen molar-refractivity contribution in [2.45, 2.75) is 13.1 Å². The molecule has 2 N–H and O–H groups in total. The number of amides is 1. The summed E-state index contributed by atoms with van der Waals surface area (Å²) in [6.45, 7) is 2.42. The number of para-hydroxylation sites is 2. The molecular formula is C19H20N4O2. The van der Waals surface area contributed by atoms with E-state index in [0.717, 1.165) is 28.7 Å². The van der Waals surface area contributed by atoms with Crippen molar-refractivity contribution in [2.24, 2.45) is 7.05 Å². The van der Waals surface area contributed by atoms with Crippen LogP contribution in [0.25, 0.3) is 10.9 Å². The number of carbonyl (C=O) groups is 1. The smallest absolute Gasteiger partial charge is 0.255 e. The molecule has 1 aromatic heterocycles. The zero-order valence-electron chi connectivity index (χ0n) is 14.1. The van der Waals surface area contributed by atoms with Crippen LogP contribution in [0.5, 0.6) is 5.75 Å². The molecule has 0 bridgehead atoms. The average Bonchev–Trinajstić information content (AvgIpc) is 2.81. The third-order valence-electron chi connectivity index (χ3n) is 4.43. The number of benzene rings is 2. The highest BCUT2D eigenvalue weighted by atomic mass is 16.5. The van der Waals surface area contributed by atoms with E-state index >= 15 is 0 Å². The summed E-state index contributed by atoms with van der Waals surface area (Å²) in [5, 5.41) is 11.8. The van der Waals surface area contributed by atoms with E-state index in [4.69, 9.17) is 4.74 Å². The Labute approximate surface area is 145 Å². The van der Waals surface area contributed by atoms with Gasteiger partial charge in [0.15, 0.2) is 0 Å². The molecule has 6 nitrogen and oxygen atoms in total. The Morgan fingerprint density at radius 2 is 2.16 bits per heavy atom. The quantitative estimate of drug-likeness (QED) is 0.767. The molecule has 2 aromatic carbocycles. The van der Waals surface area contributed by atoms with Gasteiger partial charge in [0.25, 0.3) is 5.91 Å². The Balaban J connectivity index is 1.57. The monoisotopic (exact) mass is 336 g/mol. The zero-order chi connectivity index (χ0) is 17.2. The predicted octanol–water partition coefficient (Wildman–Crippen LogP) is 1.99. The third kappa shape index (κ3) is 2.96. The minimum atomic E-state index is -0.145. The van der Waals surface area contributed by atoms with Gasteiger partial charge in [-0.05, 0) is 12.1 Å². The van der Waals surface area contributed by atoms with Crippen molar-refractivity contribution in [3.8, 4) is 5.75 Å². The minimum absolute atomic E-state index is 0.145. The van der Waals surface area contributed by atoms with Crippen molar-refractivity contribution in [3.05, 3.63) is 59.3 Å². The third-order valence-corrected chi connectivity index (χ3v) is 4.43. The number of hydrogen-bond donors (Lipinski definition) is 2. The number of nitrogens with zero attached hydrogens (tertiary/aromatic N) is 2. The highest BCUT2D eigenvalue weighted by molar-refractivity contribution is 5.97. The lowest BCUT2D eigenvalue weighted by Gasteiger charge is -2.12. The molecule has 1 aliphatic heterocycles. The second-order valence-electron chi connectivity index (χ2n) is 6.09. The van der Waals surface area contributed by atoms with Crippen molar-refractivity contribution in [1.29, 1.82) is 0 Å². The molecule has 128 valence electrons. The fourth-order valence-corrected chi connectivity index (χ4v) is 3.20. The number of ether oxygens (including phenoxy) is 1. The summed E-state index contributed by atoms with van der Waals surface area (Å²) in [7, 11) is 1.91. The summed E-state index contributed by atoms with van der Waals surface area (Å²) in [4.78, 5) is 12.7. The minimum Gasteiger partial charge on any atom is -0.491 e. The van der Waals surface area contributed by atoms with Gasteiger partial charge in [-0.3, -0.25) is 9.48 Å². The van der Waals surface area contributed by atoms with Crippen LogP contribution in [0.4, 0.5) is 0 Å². The Morgan fingerprint density at radius 3 is 3.08 bits per heavy atom. The Bertz CT molecular complexity index is 932. The van der Waals surface area contributed by atoms with Crippen LogP contribution in [-0.4, -0.2) is 28.8 Å². The van der Waals surface area contributed by atoms with E-state index in [1.165, 1.54) is 0 Å². The van der Waals surface area contributed by atoms with Gasteiger partial charge in [-0.15, -0.1) is 0 Å². The first-order valence-corrected chi connectivity index (χ1v) is 8.38. The Kier molecular flexibility index (Phi) is 4.11. The van der Waals surface area contributed by atoms with Crippen LogP contribution in [0, 0.1) is 0 Å². The zero-order valence-corrected chi connectivity index (χ0v) is 14.1. The molecule has 2 heterocycles. The van der Waals surface area contributed by atoms with E-state index < -0.39 is 0 Å². The van der Waals surface area contributed by atoms with Gasteiger partial charge in [-0.2, -0.15) is 5.10 Å². The Morgan fingerprint density at radius 1 is 1.28 bits per heavy atom. The van der Waals surface area contributed by atoms with E-state index in [1.807, 2.05) is 48.1 Å². The largest absolute Gasteiger partial charge is 0.491 e. The van der Waals surface area contributed by atoms with Crippen LogP contribution in [0.3, 0.4) is 0 Å². The molecule has 3 aromatic rings. The summed E-state index contributed by atoms with van der Waals surface area (Å²) in [6.07, 6.45) is 0. The van der Waals surface area contributed by atoms with Crippen LogP contribution < -0.4 is 15.4 Å². The fraction of sp³-hybridized carbons (Fsp3) is 0.263. The lowest BCUT2D eigenvalue weighted by molar-refractivity contribution is 0.0946. The summed E-state index contributed by atoms with van der Waals surface area (Å²) >= 11 is 0. The van der Waals surface area contributed by atoms with Gasteiger partial charge in [0.1, 0.15) is 12.4 Å². The molecule has 0 unspecified atom stereocenters. The van der Waals surface area contributed by atoms with Crippen LogP contribution in [0.15, 0.2) is 42.5 Å². The van der Waals surface area contributed by atoms with Crippen LogP contribution in [0.1, 0.15) is 21.6 Å². The van der Waals surface area contributed by atoms with Gasteiger partial charge >= 0.3 is 0 Å². The summed E-state index contributed by atoms with van der Waals surface area (Å²) in [6, 6.07) is 13.7. The number of fused-ring (bicyclic) bond motifs is 2. The molecule has 1 aliphatic rings. The number of nitrogens with one attached hydrogen (secondary N) is 2. The second kappa shape index (κ2) is 6.57. The number of aromatic nitrogens is 2. The topological polar surface area (TPSA) is 68.2 Å². The molecule has 1 amide bonds. The SMILES string of the molecule is Cn1nc(CNC(=O)c2cccc3c2OCCNC3)c2ccccc21. The molecule has 6 heteroatoms. The number of hydrogen-bond acceptors (Lipinski definition) is 4. The first kappa shape index (κ1) is 15.7. The fourth-order valence-electron chi connectivity index (χ4n) is 3.20. The summed E-state index contributed by atoms with van der Waals surface area (Å²) < 4.78 is 7.62. The maximum atomic E-state index is 12.7. The van der Waals surface area contributed by atoms with Crippen LogP contribution in [-0.2, 0) is 20.1 Å². The molecule has 0 aliphatic carbocycles. The molecule has 0 saturated carbocycles. The first-order valence-electron chi connectivity index (χ1n) is 8.38. The lowest BCUT2D eigenvalue weighted by Crippen LogP contribution is -2.24. The normalized spacial score (nSPS) is 13.8. The van der Waals surface area contributed by atoms with Crippen molar-refractivity contribution in [2.75, 3.05) is 13.2 Å². The average molecular weight is 336 g/mol. The highest BCUT2D eigenvalue weighted by Crippen LogP contribution is 2.25. The molecule has 0 fully saturated rings. The lowest BCUT2D eigenvalue weighted by atomic mass is 10.1. The van der Waals surface area contributed by atoms with Gasteiger partial charge in [-0.1, -0.05) is 30.3 Å². The number of rotatable bonds is 3.